The van der Waals surface area contributed by atoms with E-state index < -0.39 is 0 Å². The average molecular weight is 447 g/mol. The van der Waals surface area contributed by atoms with Crippen LogP contribution in [0, 0.1) is 6.92 Å². The monoisotopic (exact) mass is 446 g/mol. The van der Waals surface area contributed by atoms with Gasteiger partial charge in [-0.1, -0.05) is 37.0 Å². The molecule has 0 atom stereocenters. The van der Waals surface area contributed by atoms with Crippen molar-refractivity contribution in [3.63, 3.8) is 0 Å². The molecule has 1 saturated heterocycles. The normalized spacial score (nSPS) is 15.6. The minimum Gasteiger partial charge on any atom is -0.382 e. The summed E-state index contributed by atoms with van der Waals surface area (Å²) in [6, 6.07) is 3.72. The van der Waals surface area contributed by atoms with Gasteiger partial charge in [-0.2, -0.15) is 0 Å². The van der Waals surface area contributed by atoms with Crippen LogP contribution < -0.4 is 10.9 Å². The van der Waals surface area contributed by atoms with Gasteiger partial charge in [0.2, 0.25) is 0 Å². The molecule has 0 bridgehead atoms. The van der Waals surface area contributed by atoms with Gasteiger partial charge in [-0.3, -0.25) is 18.9 Å². The predicted octanol–water partition coefficient (Wildman–Crippen LogP) is 3.45. The molecule has 2 aromatic rings. The maximum absolute atomic E-state index is 13.3. The second-order valence-electron chi connectivity index (χ2n) is 6.87. The first-order valence-electron chi connectivity index (χ1n) is 10.1. The van der Waals surface area contributed by atoms with E-state index in [-0.39, 0.29) is 11.5 Å². The Bertz CT molecular complexity index is 1050. The molecule has 2 aromatic heterocycles. The molecule has 0 aliphatic carbocycles. The zero-order chi connectivity index (χ0) is 21.7. The van der Waals surface area contributed by atoms with Gasteiger partial charge >= 0.3 is 0 Å². The highest BCUT2D eigenvalue weighted by Crippen LogP contribution is 2.33. The summed E-state index contributed by atoms with van der Waals surface area (Å²) in [5.41, 5.74) is 1.61. The van der Waals surface area contributed by atoms with E-state index in [1.165, 1.54) is 16.2 Å². The molecule has 0 spiro atoms. The summed E-state index contributed by atoms with van der Waals surface area (Å²) in [6.07, 6.45) is 4.90. The fourth-order valence-electron chi connectivity index (χ4n) is 3.15. The highest BCUT2D eigenvalue weighted by molar-refractivity contribution is 8.26. The van der Waals surface area contributed by atoms with Gasteiger partial charge in [0.25, 0.3) is 11.5 Å². The summed E-state index contributed by atoms with van der Waals surface area (Å²) >= 11 is 6.57. The number of aryl methyl sites for hydroxylation is 1. The average Bonchev–Trinajstić information content (AvgIpc) is 2.99. The van der Waals surface area contributed by atoms with Crippen LogP contribution in [0.25, 0.3) is 11.7 Å². The molecule has 30 heavy (non-hydrogen) atoms. The van der Waals surface area contributed by atoms with Gasteiger partial charge in [-0.05, 0) is 44.4 Å². The highest BCUT2D eigenvalue weighted by Gasteiger charge is 2.32. The smallest absolute Gasteiger partial charge is 0.267 e. The molecule has 0 radical (unpaired) electrons. The SMILES string of the molecule is CCCN1C(=O)/C(=C\c2c(NCCCOCC)nc3c(C)cccn3c2=O)SC1=S. The lowest BCUT2D eigenvalue weighted by molar-refractivity contribution is -0.122. The van der Waals surface area contributed by atoms with E-state index in [1.54, 1.807) is 17.2 Å². The number of carbonyl (C=O) groups excluding carboxylic acids is 1. The summed E-state index contributed by atoms with van der Waals surface area (Å²) in [7, 11) is 0. The molecule has 0 unspecified atom stereocenters. The van der Waals surface area contributed by atoms with Crippen molar-refractivity contribution in [3.8, 4) is 0 Å². The number of nitrogens with zero attached hydrogens (tertiary/aromatic N) is 3. The van der Waals surface area contributed by atoms with Crippen LogP contribution in [0.3, 0.4) is 0 Å². The minimum absolute atomic E-state index is 0.164. The Morgan fingerprint density at radius 3 is 2.87 bits per heavy atom. The van der Waals surface area contributed by atoms with Crippen molar-refractivity contribution >= 4 is 51.7 Å². The Morgan fingerprint density at radius 2 is 2.13 bits per heavy atom. The second kappa shape index (κ2) is 10.2. The molecule has 0 saturated carbocycles. The molecule has 1 aliphatic heterocycles. The number of rotatable bonds is 9. The number of aromatic nitrogens is 2. The molecule has 1 aliphatic rings. The Hall–Kier alpha value is -2.23. The van der Waals surface area contributed by atoms with Crippen molar-refractivity contribution < 1.29 is 9.53 Å². The number of thioether (sulfide) groups is 1. The summed E-state index contributed by atoms with van der Waals surface area (Å²) in [6.45, 7) is 8.32. The standard InChI is InChI=1S/C21H26N4O3S2/c1-4-10-25-20(27)16(30-21(25)29)13-15-17(22-9-7-12-28-5-2)23-18-14(3)8-6-11-24(18)19(15)26/h6,8,11,13,22H,4-5,7,9-10,12H2,1-3H3/b16-13+. The van der Waals surface area contributed by atoms with E-state index in [1.807, 2.05) is 32.9 Å². The van der Waals surface area contributed by atoms with Crippen LogP contribution in [0.15, 0.2) is 28.0 Å². The first-order valence-corrected chi connectivity index (χ1v) is 11.3. The number of anilines is 1. The van der Waals surface area contributed by atoms with Crippen LogP contribution in [0.5, 0.6) is 0 Å². The van der Waals surface area contributed by atoms with E-state index in [0.29, 0.717) is 52.6 Å². The van der Waals surface area contributed by atoms with Gasteiger partial charge in [-0.25, -0.2) is 4.98 Å². The highest BCUT2D eigenvalue weighted by atomic mass is 32.2. The fraction of sp³-hybridized carbons (Fsp3) is 0.429. The first kappa shape index (κ1) is 22.5. The number of ether oxygens (including phenoxy) is 1. The van der Waals surface area contributed by atoms with Crippen LogP contribution >= 0.6 is 24.0 Å². The topological polar surface area (TPSA) is 75.9 Å². The van der Waals surface area contributed by atoms with Gasteiger partial charge in [0, 0.05) is 32.5 Å². The van der Waals surface area contributed by atoms with Crippen molar-refractivity contribution in [1.82, 2.24) is 14.3 Å². The Balaban J connectivity index is 2.02. The number of pyridine rings is 1. The summed E-state index contributed by atoms with van der Waals surface area (Å²) in [4.78, 5) is 32.7. The Labute approximate surface area is 185 Å². The van der Waals surface area contributed by atoms with Crippen molar-refractivity contribution in [2.45, 2.75) is 33.6 Å². The van der Waals surface area contributed by atoms with Crippen LogP contribution in [-0.2, 0) is 9.53 Å². The van der Waals surface area contributed by atoms with E-state index in [9.17, 15) is 9.59 Å². The quantitative estimate of drug-likeness (QED) is 0.359. The molecule has 3 heterocycles. The third-order valence-corrected chi connectivity index (χ3v) is 6.02. The second-order valence-corrected chi connectivity index (χ2v) is 8.55. The molecule has 1 fully saturated rings. The lowest BCUT2D eigenvalue weighted by atomic mass is 10.2. The zero-order valence-corrected chi connectivity index (χ0v) is 19.1. The van der Waals surface area contributed by atoms with Gasteiger partial charge in [-0.15, -0.1) is 0 Å². The Morgan fingerprint density at radius 1 is 1.33 bits per heavy atom. The fourth-order valence-corrected chi connectivity index (χ4v) is 4.44. The predicted molar refractivity (Wildman–Crippen MR) is 126 cm³/mol. The molecule has 0 aromatic carbocycles. The molecule has 7 nitrogen and oxygen atoms in total. The van der Waals surface area contributed by atoms with Gasteiger partial charge in [0.05, 0.1) is 10.5 Å². The number of hydrogen-bond donors (Lipinski definition) is 1. The van der Waals surface area contributed by atoms with Crippen molar-refractivity contribution in [2.75, 3.05) is 31.6 Å². The molecular formula is C21H26N4O3S2. The molecular weight excluding hydrogens is 420 g/mol. The molecule has 3 rings (SSSR count). The van der Waals surface area contributed by atoms with E-state index in [0.717, 1.165) is 18.4 Å². The largest absolute Gasteiger partial charge is 0.382 e. The van der Waals surface area contributed by atoms with Gasteiger partial charge in [0.1, 0.15) is 15.8 Å². The summed E-state index contributed by atoms with van der Waals surface area (Å²) in [5.74, 6) is 0.300. The first-order chi connectivity index (χ1) is 14.5. The number of amides is 1. The summed E-state index contributed by atoms with van der Waals surface area (Å²) < 4.78 is 7.41. The van der Waals surface area contributed by atoms with Crippen molar-refractivity contribution in [3.05, 3.63) is 44.7 Å². The van der Waals surface area contributed by atoms with Crippen LogP contribution in [0.1, 0.15) is 37.8 Å². The number of hydrogen-bond acceptors (Lipinski definition) is 7. The maximum Gasteiger partial charge on any atom is 0.267 e. The third kappa shape index (κ3) is 4.74. The van der Waals surface area contributed by atoms with Crippen LogP contribution in [-0.4, -0.2) is 50.8 Å². The summed E-state index contributed by atoms with van der Waals surface area (Å²) in [5, 5.41) is 3.25. The van der Waals surface area contributed by atoms with Crippen LogP contribution in [0.2, 0.25) is 0 Å². The number of fused-ring (bicyclic) bond motifs is 1. The van der Waals surface area contributed by atoms with E-state index in [4.69, 9.17) is 21.9 Å². The minimum atomic E-state index is -0.225. The molecule has 160 valence electrons. The molecule has 1 N–H and O–H groups in total. The number of nitrogens with one attached hydrogen (secondary N) is 1. The zero-order valence-electron chi connectivity index (χ0n) is 17.4. The Kier molecular flexibility index (Phi) is 7.63. The number of carbonyl (C=O) groups is 1. The lowest BCUT2D eigenvalue weighted by Crippen LogP contribution is -2.28. The van der Waals surface area contributed by atoms with Crippen LogP contribution in [0.4, 0.5) is 5.82 Å². The van der Waals surface area contributed by atoms with Gasteiger partial charge in [0.15, 0.2) is 0 Å². The van der Waals surface area contributed by atoms with Crippen molar-refractivity contribution in [1.29, 1.82) is 0 Å². The van der Waals surface area contributed by atoms with Crippen molar-refractivity contribution in [2.24, 2.45) is 0 Å². The van der Waals surface area contributed by atoms with Gasteiger partial charge < -0.3 is 10.1 Å². The van der Waals surface area contributed by atoms with E-state index in [2.05, 4.69) is 5.32 Å². The number of thiocarbonyl (C=S) groups is 1. The molecule has 9 heteroatoms. The van der Waals surface area contributed by atoms with E-state index >= 15 is 0 Å². The lowest BCUT2D eigenvalue weighted by Gasteiger charge is -2.13. The molecule has 1 amide bonds. The third-order valence-electron chi connectivity index (χ3n) is 4.64. The maximum atomic E-state index is 13.3.